The maximum atomic E-state index is 13.8. The van der Waals surface area contributed by atoms with E-state index in [0.717, 1.165) is 0 Å². The first-order chi connectivity index (χ1) is 27.3. The van der Waals surface area contributed by atoms with Crippen molar-refractivity contribution >= 4 is 35.8 Å². The number of aliphatic hydroxyl groups excluding tert-OH is 8. The molecule has 59 heavy (non-hydrogen) atoms. The second kappa shape index (κ2) is 24.0. The SMILES string of the molecule is CCCOC(=O)C(C)(COCC(C)(COC(=O)C(C)(CO)CO)COC(=O)C(C)(CO)CO)COC(=O)C(C)(COC(=O)C(C)(CO)CO)COC(=O)C(C)(CO)CO. The quantitative estimate of drug-likeness (QED) is 0.0277. The minimum Gasteiger partial charge on any atom is -0.465 e. The Bertz CT molecular complexity index is 1300. The summed E-state index contributed by atoms with van der Waals surface area (Å²) in [5.41, 5.74) is -12.2. The van der Waals surface area contributed by atoms with Crippen LogP contribution in [0.25, 0.3) is 0 Å². The van der Waals surface area contributed by atoms with Gasteiger partial charge in [-0.15, -0.1) is 0 Å². The smallest absolute Gasteiger partial charge is 0.318 e. The second-order valence-corrected chi connectivity index (χ2v) is 16.9. The van der Waals surface area contributed by atoms with Crippen molar-refractivity contribution in [3.05, 3.63) is 0 Å². The Balaban J connectivity index is 6.57. The number of carbonyl (C=O) groups excluding carboxylic acids is 6. The van der Waals surface area contributed by atoms with E-state index < -0.39 is 173 Å². The van der Waals surface area contributed by atoms with Crippen LogP contribution in [0.15, 0.2) is 0 Å². The Morgan fingerprint density at radius 1 is 0.339 bits per heavy atom. The van der Waals surface area contributed by atoms with Crippen molar-refractivity contribution in [1.82, 2.24) is 0 Å². The van der Waals surface area contributed by atoms with Gasteiger partial charge in [0.05, 0.1) is 78.1 Å². The normalized spacial score (nSPS) is 13.8. The highest BCUT2D eigenvalue weighted by Gasteiger charge is 2.46. The fourth-order valence-corrected chi connectivity index (χ4v) is 4.08. The lowest BCUT2D eigenvalue weighted by Gasteiger charge is -2.34. The zero-order valence-electron chi connectivity index (χ0n) is 35.4. The minimum atomic E-state index is -2.03. The van der Waals surface area contributed by atoms with Crippen LogP contribution in [-0.2, 0) is 61.9 Å². The van der Waals surface area contributed by atoms with Crippen LogP contribution in [0.5, 0.6) is 0 Å². The highest BCUT2D eigenvalue weighted by Crippen LogP contribution is 2.30. The van der Waals surface area contributed by atoms with Crippen LogP contribution < -0.4 is 0 Å². The van der Waals surface area contributed by atoms with Gasteiger partial charge in [-0.3, -0.25) is 28.8 Å². The van der Waals surface area contributed by atoms with E-state index in [9.17, 15) is 69.6 Å². The molecule has 0 aromatic rings. The standard InChI is InChI=1S/C38H66O21/c1-9-10-54-30(51)37(7,22-53-19-32(2,20-55-26(47)33(3,11-39)12-40)21-56-27(48)34(4,13-41)14-42)23-59-31(52)38(8,24-57-28(49)35(5,15-43)16-44)25-58-29(50)36(6,17-45)18-46/h39-46H,9-25H2,1-8H3. The molecule has 0 aromatic heterocycles. The fraction of sp³-hybridized carbons (Fsp3) is 0.842. The van der Waals surface area contributed by atoms with E-state index in [4.69, 9.17) is 33.2 Å². The van der Waals surface area contributed by atoms with Crippen molar-refractivity contribution in [3.63, 3.8) is 0 Å². The maximum absolute atomic E-state index is 13.8. The molecule has 21 nitrogen and oxygen atoms in total. The summed E-state index contributed by atoms with van der Waals surface area (Å²) in [5, 5.41) is 77.1. The molecule has 0 heterocycles. The third-order valence-electron chi connectivity index (χ3n) is 9.73. The second-order valence-electron chi connectivity index (χ2n) is 16.9. The summed E-state index contributed by atoms with van der Waals surface area (Å²) in [7, 11) is 0. The van der Waals surface area contributed by atoms with E-state index in [1.807, 2.05) is 0 Å². The number of rotatable bonds is 30. The summed E-state index contributed by atoms with van der Waals surface area (Å²) in [6, 6.07) is 0. The Kier molecular flexibility index (Phi) is 22.6. The van der Waals surface area contributed by atoms with Crippen LogP contribution in [0.4, 0.5) is 0 Å². The topological polar surface area (TPSA) is 329 Å². The first-order valence-electron chi connectivity index (χ1n) is 18.8. The van der Waals surface area contributed by atoms with Crippen LogP contribution in [0.3, 0.4) is 0 Å². The summed E-state index contributed by atoms with van der Waals surface area (Å²) < 4.78 is 38.0. The van der Waals surface area contributed by atoms with Gasteiger partial charge in [0.15, 0.2) is 0 Å². The Morgan fingerprint density at radius 3 is 0.847 bits per heavy atom. The average Bonchev–Trinajstić information content (AvgIpc) is 3.25. The molecule has 344 valence electrons. The Labute approximate surface area is 343 Å². The van der Waals surface area contributed by atoms with Crippen LogP contribution in [0, 0.1) is 37.9 Å². The number of carbonyl (C=O) groups is 6. The van der Waals surface area contributed by atoms with Gasteiger partial charge in [0.1, 0.15) is 65.5 Å². The van der Waals surface area contributed by atoms with E-state index in [2.05, 4.69) is 0 Å². The van der Waals surface area contributed by atoms with E-state index >= 15 is 0 Å². The van der Waals surface area contributed by atoms with Gasteiger partial charge in [0.2, 0.25) is 0 Å². The number of hydrogen-bond donors (Lipinski definition) is 8. The van der Waals surface area contributed by atoms with Gasteiger partial charge in [-0.1, -0.05) is 13.8 Å². The van der Waals surface area contributed by atoms with Crippen LogP contribution in [0.2, 0.25) is 0 Å². The van der Waals surface area contributed by atoms with E-state index in [-0.39, 0.29) is 6.61 Å². The molecular formula is C38H66O21. The molecule has 0 aliphatic carbocycles. The molecule has 0 aliphatic heterocycles. The lowest BCUT2D eigenvalue weighted by molar-refractivity contribution is -0.183. The van der Waals surface area contributed by atoms with Gasteiger partial charge >= 0.3 is 35.8 Å². The van der Waals surface area contributed by atoms with Crippen LogP contribution >= 0.6 is 0 Å². The van der Waals surface area contributed by atoms with Crippen molar-refractivity contribution in [1.29, 1.82) is 0 Å². The predicted molar refractivity (Wildman–Crippen MR) is 200 cm³/mol. The van der Waals surface area contributed by atoms with E-state index in [1.165, 1.54) is 48.5 Å². The molecule has 1 atom stereocenters. The zero-order chi connectivity index (χ0) is 45.9. The van der Waals surface area contributed by atoms with Crippen molar-refractivity contribution in [2.75, 3.05) is 106 Å². The van der Waals surface area contributed by atoms with Gasteiger partial charge in [-0.05, 0) is 48.0 Å². The number of hydrogen-bond acceptors (Lipinski definition) is 21. The summed E-state index contributed by atoms with van der Waals surface area (Å²) in [5.74, 6) is -6.36. The van der Waals surface area contributed by atoms with Gasteiger partial charge in [-0.25, -0.2) is 0 Å². The summed E-state index contributed by atoms with van der Waals surface area (Å²) >= 11 is 0. The first kappa shape index (κ1) is 55.5. The predicted octanol–water partition coefficient (Wildman–Crippen LogP) is -2.35. The molecule has 0 fully saturated rings. The zero-order valence-corrected chi connectivity index (χ0v) is 35.4. The minimum absolute atomic E-state index is 0.0540. The molecule has 0 rings (SSSR count). The Morgan fingerprint density at radius 2 is 0.576 bits per heavy atom. The molecule has 0 aliphatic rings. The van der Waals surface area contributed by atoms with Gasteiger partial charge in [-0.2, -0.15) is 0 Å². The molecule has 0 radical (unpaired) electrons. The third kappa shape index (κ3) is 15.5. The lowest BCUT2D eigenvalue weighted by atomic mass is 9.89. The fourth-order valence-electron chi connectivity index (χ4n) is 4.08. The van der Waals surface area contributed by atoms with Crippen LogP contribution in [-0.4, -0.2) is 182 Å². The van der Waals surface area contributed by atoms with Crippen molar-refractivity contribution in [2.45, 2.75) is 61.8 Å². The number of esters is 6. The van der Waals surface area contributed by atoms with Gasteiger partial charge < -0.3 is 74.0 Å². The largest absolute Gasteiger partial charge is 0.465 e. The first-order valence-corrected chi connectivity index (χ1v) is 18.8. The average molecular weight is 859 g/mol. The van der Waals surface area contributed by atoms with Crippen molar-refractivity contribution < 1.29 is 103 Å². The van der Waals surface area contributed by atoms with Crippen LogP contribution in [0.1, 0.15) is 61.8 Å². The molecule has 0 spiro atoms. The van der Waals surface area contributed by atoms with Gasteiger partial charge in [0.25, 0.3) is 0 Å². The number of ether oxygens (including phenoxy) is 7. The third-order valence-corrected chi connectivity index (χ3v) is 9.73. The van der Waals surface area contributed by atoms with Crippen molar-refractivity contribution in [3.8, 4) is 0 Å². The maximum Gasteiger partial charge on any atom is 0.318 e. The molecule has 21 heteroatoms. The lowest BCUT2D eigenvalue weighted by Crippen LogP contribution is -2.47. The Hall–Kier alpha value is -3.54. The summed E-state index contributed by atoms with van der Waals surface area (Å²) in [6.45, 7) is -0.469. The van der Waals surface area contributed by atoms with E-state index in [1.54, 1.807) is 6.92 Å². The monoisotopic (exact) mass is 858 g/mol. The number of aliphatic hydroxyl groups is 8. The summed E-state index contributed by atoms with van der Waals surface area (Å²) in [4.78, 5) is 78.3. The molecule has 0 saturated heterocycles. The highest BCUT2D eigenvalue weighted by molar-refractivity contribution is 5.82. The molecule has 1 unspecified atom stereocenters. The molecule has 0 amide bonds. The van der Waals surface area contributed by atoms with E-state index in [0.29, 0.717) is 6.42 Å². The van der Waals surface area contributed by atoms with Gasteiger partial charge in [0, 0.05) is 0 Å². The summed E-state index contributed by atoms with van der Waals surface area (Å²) in [6.07, 6.45) is 0.397. The van der Waals surface area contributed by atoms with Crippen molar-refractivity contribution in [2.24, 2.45) is 37.9 Å². The molecule has 0 saturated carbocycles. The molecular weight excluding hydrogens is 792 g/mol. The molecule has 0 bridgehead atoms. The highest BCUT2D eigenvalue weighted by atomic mass is 16.6. The molecule has 0 aromatic carbocycles. The molecule has 8 N–H and O–H groups in total.